The lowest BCUT2D eigenvalue weighted by molar-refractivity contribution is -0.113. The fourth-order valence-corrected chi connectivity index (χ4v) is 1.29. The summed E-state index contributed by atoms with van der Waals surface area (Å²) in [6.07, 6.45) is 0. The molecule has 0 spiro atoms. The summed E-state index contributed by atoms with van der Waals surface area (Å²) >= 11 is 0. The standard InChI is InChI=1S/C13H17NO3.C2H6/c1-9(10(2)17-3)13(16)14-12-6-4-5-11(7-12)8-15;1-2/h4-7,15H,8H2,1-3H3,(H,14,16);1-2H3/b10-9+;. The Balaban J connectivity index is 0.00000154. The first-order chi connectivity index (χ1) is 9.08. The topological polar surface area (TPSA) is 58.6 Å². The molecule has 0 aliphatic heterocycles. The van der Waals surface area contributed by atoms with Crippen molar-refractivity contribution in [3.8, 4) is 0 Å². The number of aliphatic hydroxyl groups excluding tert-OH is 1. The van der Waals surface area contributed by atoms with Crippen LogP contribution in [0.5, 0.6) is 0 Å². The molecule has 0 fully saturated rings. The van der Waals surface area contributed by atoms with Crippen LogP contribution in [-0.4, -0.2) is 18.1 Å². The number of amides is 1. The highest BCUT2D eigenvalue weighted by Gasteiger charge is 2.08. The molecule has 0 aliphatic rings. The van der Waals surface area contributed by atoms with E-state index in [1.54, 1.807) is 38.1 Å². The van der Waals surface area contributed by atoms with Crippen LogP contribution in [0.2, 0.25) is 0 Å². The fourth-order valence-electron chi connectivity index (χ4n) is 1.29. The van der Waals surface area contributed by atoms with Crippen molar-refractivity contribution in [1.82, 2.24) is 0 Å². The van der Waals surface area contributed by atoms with E-state index in [-0.39, 0.29) is 12.5 Å². The highest BCUT2D eigenvalue weighted by molar-refractivity contribution is 6.03. The van der Waals surface area contributed by atoms with Gasteiger partial charge in [0.15, 0.2) is 0 Å². The SMILES string of the molecule is CC.CO/C(C)=C(\C)C(=O)Nc1cccc(CO)c1. The lowest BCUT2D eigenvalue weighted by atomic mass is 10.2. The highest BCUT2D eigenvalue weighted by Crippen LogP contribution is 2.13. The predicted octanol–water partition coefficient (Wildman–Crippen LogP) is 3.08. The molecule has 1 amide bonds. The van der Waals surface area contributed by atoms with Crippen molar-refractivity contribution in [3.05, 3.63) is 41.2 Å². The van der Waals surface area contributed by atoms with Crippen molar-refractivity contribution in [2.75, 3.05) is 12.4 Å². The number of rotatable bonds is 4. The minimum atomic E-state index is -0.209. The molecule has 0 radical (unpaired) electrons. The van der Waals surface area contributed by atoms with Gasteiger partial charge in [-0.1, -0.05) is 26.0 Å². The Kier molecular flexibility index (Phi) is 8.29. The molecule has 0 saturated carbocycles. The number of carbonyl (C=O) groups excluding carboxylic acids is 1. The fraction of sp³-hybridized carbons (Fsp3) is 0.400. The van der Waals surface area contributed by atoms with Crippen LogP contribution in [0.3, 0.4) is 0 Å². The Bertz CT molecular complexity index is 439. The van der Waals surface area contributed by atoms with E-state index < -0.39 is 0 Å². The maximum Gasteiger partial charge on any atom is 0.254 e. The smallest absolute Gasteiger partial charge is 0.254 e. The van der Waals surface area contributed by atoms with Gasteiger partial charge in [0.25, 0.3) is 5.91 Å². The van der Waals surface area contributed by atoms with E-state index in [0.717, 1.165) is 5.56 Å². The number of carbonyl (C=O) groups is 1. The highest BCUT2D eigenvalue weighted by atomic mass is 16.5. The van der Waals surface area contributed by atoms with Gasteiger partial charge in [0.2, 0.25) is 0 Å². The molecule has 19 heavy (non-hydrogen) atoms. The van der Waals surface area contributed by atoms with Crippen molar-refractivity contribution < 1.29 is 14.6 Å². The molecule has 1 aromatic rings. The van der Waals surface area contributed by atoms with Gasteiger partial charge in [-0.15, -0.1) is 0 Å². The molecule has 0 unspecified atom stereocenters. The van der Waals surface area contributed by atoms with Gasteiger partial charge in [0.05, 0.1) is 19.3 Å². The molecule has 0 saturated heterocycles. The molecule has 0 heterocycles. The minimum absolute atomic E-state index is 0.0460. The molecule has 2 N–H and O–H groups in total. The quantitative estimate of drug-likeness (QED) is 0.649. The number of aliphatic hydroxyl groups is 1. The first-order valence-corrected chi connectivity index (χ1v) is 6.31. The van der Waals surface area contributed by atoms with E-state index in [2.05, 4.69) is 5.32 Å². The van der Waals surface area contributed by atoms with Gasteiger partial charge in [-0.05, 0) is 31.5 Å². The van der Waals surface area contributed by atoms with Gasteiger partial charge < -0.3 is 15.2 Å². The number of hydrogen-bond acceptors (Lipinski definition) is 3. The molecular weight excluding hydrogens is 242 g/mol. The number of hydrogen-bond donors (Lipinski definition) is 2. The summed E-state index contributed by atoms with van der Waals surface area (Å²) in [5, 5.41) is 11.7. The van der Waals surface area contributed by atoms with E-state index in [4.69, 9.17) is 9.84 Å². The Hall–Kier alpha value is -1.81. The van der Waals surface area contributed by atoms with Gasteiger partial charge in [-0.2, -0.15) is 0 Å². The summed E-state index contributed by atoms with van der Waals surface area (Å²) in [5.74, 6) is 0.375. The maximum absolute atomic E-state index is 11.8. The van der Waals surface area contributed by atoms with E-state index >= 15 is 0 Å². The van der Waals surface area contributed by atoms with Crippen LogP contribution in [0.4, 0.5) is 5.69 Å². The monoisotopic (exact) mass is 265 g/mol. The summed E-state index contributed by atoms with van der Waals surface area (Å²) in [6, 6.07) is 7.07. The third kappa shape index (κ3) is 5.57. The Morgan fingerprint density at radius 1 is 1.32 bits per heavy atom. The van der Waals surface area contributed by atoms with E-state index in [9.17, 15) is 4.79 Å². The minimum Gasteiger partial charge on any atom is -0.501 e. The second-order valence-corrected chi connectivity index (χ2v) is 3.70. The van der Waals surface area contributed by atoms with E-state index in [1.807, 2.05) is 13.8 Å². The largest absolute Gasteiger partial charge is 0.501 e. The number of methoxy groups -OCH3 is 1. The van der Waals surface area contributed by atoms with Gasteiger partial charge in [-0.25, -0.2) is 0 Å². The number of anilines is 1. The molecule has 106 valence electrons. The van der Waals surface area contributed by atoms with Crippen LogP contribution < -0.4 is 5.32 Å². The lowest BCUT2D eigenvalue weighted by Gasteiger charge is -2.08. The normalized spacial score (nSPS) is 10.8. The van der Waals surface area contributed by atoms with Crippen LogP contribution in [-0.2, 0) is 16.1 Å². The second kappa shape index (κ2) is 9.16. The molecule has 0 aliphatic carbocycles. The van der Waals surface area contributed by atoms with E-state index in [1.165, 1.54) is 7.11 Å². The molecule has 0 aromatic heterocycles. The summed E-state index contributed by atoms with van der Waals surface area (Å²) in [7, 11) is 1.53. The lowest BCUT2D eigenvalue weighted by Crippen LogP contribution is -2.14. The third-order valence-electron chi connectivity index (χ3n) is 2.54. The maximum atomic E-state index is 11.8. The Labute approximate surface area is 115 Å². The number of ether oxygens (including phenoxy) is 1. The zero-order valence-corrected chi connectivity index (χ0v) is 12.3. The van der Waals surface area contributed by atoms with Crippen LogP contribution in [0.15, 0.2) is 35.6 Å². The number of nitrogens with one attached hydrogen (secondary N) is 1. The van der Waals surface area contributed by atoms with Gasteiger partial charge in [-0.3, -0.25) is 4.79 Å². The van der Waals surface area contributed by atoms with Crippen molar-refractivity contribution in [3.63, 3.8) is 0 Å². The Morgan fingerprint density at radius 2 is 1.95 bits per heavy atom. The average Bonchev–Trinajstić information content (AvgIpc) is 2.47. The molecule has 0 bridgehead atoms. The first-order valence-electron chi connectivity index (χ1n) is 6.31. The zero-order chi connectivity index (χ0) is 14.8. The number of allylic oxidation sites excluding steroid dienone is 1. The van der Waals surface area contributed by atoms with Crippen molar-refractivity contribution >= 4 is 11.6 Å². The van der Waals surface area contributed by atoms with Gasteiger partial charge >= 0.3 is 0 Å². The Morgan fingerprint density at radius 3 is 2.47 bits per heavy atom. The molecule has 4 nitrogen and oxygen atoms in total. The summed E-state index contributed by atoms with van der Waals surface area (Å²) < 4.78 is 4.99. The first kappa shape index (κ1) is 17.2. The van der Waals surface area contributed by atoms with Crippen molar-refractivity contribution in [2.45, 2.75) is 34.3 Å². The molecule has 1 rings (SSSR count). The van der Waals surface area contributed by atoms with Crippen LogP contribution in [0, 0.1) is 0 Å². The van der Waals surface area contributed by atoms with Crippen LogP contribution in [0.25, 0.3) is 0 Å². The average molecular weight is 265 g/mol. The molecule has 1 aromatic carbocycles. The van der Waals surface area contributed by atoms with Crippen LogP contribution >= 0.6 is 0 Å². The summed E-state index contributed by atoms with van der Waals surface area (Å²) in [4.78, 5) is 11.8. The molecule has 0 atom stereocenters. The zero-order valence-electron chi connectivity index (χ0n) is 12.3. The van der Waals surface area contributed by atoms with E-state index in [0.29, 0.717) is 17.0 Å². The van der Waals surface area contributed by atoms with Gasteiger partial charge in [0.1, 0.15) is 5.76 Å². The number of benzene rings is 1. The van der Waals surface area contributed by atoms with Crippen molar-refractivity contribution in [2.24, 2.45) is 0 Å². The van der Waals surface area contributed by atoms with Gasteiger partial charge in [0, 0.05) is 5.69 Å². The van der Waals surface area contributed by atoms with Crippen LogP contribution in [0.1, 0.15) is 33.3 Å². The summed E-state index contributed by atoms with van der Waals surface area (Å²) in [5.41, 5.74) is 1.94. The second-order valence-electron chi connectivity index (χ2n) is 3.70. The van der Waals surface area contributed by atoms with Crippen molar-refractivity contribution in [1.29, 1.82) is 0 Å². The molecular formula is C15H23NO3. The predicted molar refractivity (Wildman–Crippen MR) is 77.7 cm³/mol. The summed E-state index contributed by atoms with van der Waals surface area (Å²) in [6.45, 7) is 7.39. The third-order valence-corrected chi connectivity index (χ3v) is 2.54. The molecule has 4 heteroatoms.